The van der Waals surface area contributed by atoms with Gasteiger partial charge in [-0.25, -0.2) is 0 Å². The second kappa shape index (κ2) is 6.36. The summed E-state index contributed by atoms with van der Waals surface area (Å²) in [6.07, 6.45) is -3.11. The van der Waals surface area contributed by atoms with Crippen LogP contribution in [0.3, 0.4) is 0 Å². The van der Waals surface area contributed by atoms with Gasteiger partial charge in [-0.05, 0) is 36.0 Å². The van der Waals surface area contributed by atoms with Crippen molar-refractivity contribution in [2.45, 2.75) is 32.5 Å². The van der Waals surface area contributed by atoms with E-state index in [2.05, 4.69) is 18.7 Å². The summed E-state index contributed by atoms with van der Waals surface area (Å²) in [5.41, 5.74) is 6.04. The Labute approximate surface area is 124 Å². The third-order valence-electron chi connectivity index (χ3n) is 4.04. The Morgan fingerprint density at radius 3 is 2.43 bits per heavy atom. The molecule has 1 aliphatic heterocycles. The van der Waals surface area contributed by atoms with Gasteiger partial charge in [-0.15, -0.1) is 0 Å². The van der Waals surface area contributed by atoms with E-state index in [0.717, 1.165) is 19.2 Å². The molecule has 0 saturated carbocycles. The van der Waals surface area contributed by atoms with Gasteiger partial charge in [0.2, 0.25) is 0 Å². The Morgan fingerprint density at radius 1 is 1.24 bits per heavy atom. The van der Waals surface area contributed by atoms with Gasteiger partial charge in [0, 0.05) is 25.7 Å². The standard InChI is InChI=1S/C16H23F3N2/c1-11-6-12(2)9-21(8-11)10-15(20)13-4-3-5-14(7-13)16(17,18)19/h3-5,7,11-12,15H,6,8-10,20H2,1-2H3. The van der Waals surface area contributed by atoms with Crippen LogP contribution in [0.1, 0.15) is 37.4 Å². The van der Waals surface area contributed by atoms with Crippen LogP contribution in [0, 0.1) is 11.8 Å². The molecule has 1 heterocycles. The number of nitrogens with zero attached hydrogens (tertiary/aromatic N) is 1. The Kier molecular flexibility index (Phi) is 4.94. The molecule has 2 N–H and O–H groups in total. The van der Waals surface area contributed by atoms with Crippen molar-refractivity contribution in [3.05, 3.63) is 35.4 Å². The van der Waals surface area contributed by atoms with Gasteiger partial charge in [-0.2, -0.15) is 13.2 Å². The third kappa shape index (κ3) is 4.45. The molecule has 5 heteroatoms. The molecule has 1 aliphatic rings. The van der Waals surface area contributed by atoms with E-state index < -0.39 is 11.7 Å². The molecule has 0 spiro atoms. The molecule has 3 unspecified atom stereocenters. The van der Waals surface area contributed by atoms with Crippen molar-refractivity contribution in [1.29, 1.82) is 0 Å². The maximum atomic E-state index is 12.7. The molecule has 0 amide bonds. The molecular weight excluding hydrogens is 277 g/mol. The van der Waals surface area contributed by atoms with Gasteiger partial charge in [0.05, 0.1) is 5.56 Å². The minimum atomic E-state index is -4.32. The molecular formula is C16H23F3N2. The molecule has 21 heavy (non-hydrogen) atoms. The monoisotopic (exact) mass is 300 g/mol. The number of hydrogen-bond donors (Lipinski definition) is 1. The summed E-state index contributed by atoms with van der Waals surface area (Å²) in [7, 11) is 0. The first-order valence-electron chi connectivity index (χ1n) is 7.40. The van der Waals surface area contributed by atoms with E-state index in [-0.39, 0.29) is 6.04 Å². The van der Waals surface area contributed by atoms with Crippen molar-refractivity contribution in [3.8, 4) is 0 Å². The van der Waals surface area contributed by atoms with E-state index >= 15 is 0 Å². The number of piperidine rings is 1. The normalized spacial score (nSPS) is 25.8. The highest BCUT2D eigenvalue weighted by Crippen LogP contribution is 2.31. The Bertz CT molecular complexity index is 463. The van der Waals surface area contributed by atoms with Gasteiger partial charge in [-0.3, -0.25) is 0 Å². The van der Waals surface area contributed by atoms with Gasteiger partial charge in [-0.1, -0.05) is 26.0 Å². The van der Waals surface area contributed by atoms with E-state index in [9.17, 15) is 13.2 Å². The fourth-order valence-corrected chi connectivity index (χ4v) is 3.27. The van der Waals surface area contributed by atoms with Crippen molar-refractivity contribution in [1.82, 2.24) is 4.90 Å². The van der Waals surface area contributed by atoms with Crippen molar-refractivity contribution in [2.24, 2.45) is 17.6 Å². The maximum Gasteiger partial charge on any atom is 0.416 e. The van der Waals surface area contributed by atoms with E-state index in [4.69, 9.17) is 5.73 Å². The summed E-state index contributed by atoms with van der Waals surface area (Å²) in [5.74, 6) is 1.23. The van der Waals surface area contributed by atoms with Gasteiger partial charge in [0.15, 0.2) is 0 Å². The molecule has 1 saturated heterocycles. The second-order valence-electron chi connectivity index (χ2n) is 6.39. The predicted molar refractivity (Wildman–Crippen MR) is 77.8 cm³/mol. The van der Waals surface area contributed by atoms with Crippen LogP contribution in [0.15, 0.2) is 24.3 Å². The molecule has 0 bridgehead atoms. The van der Waals surface area contributed by atoms with Crippen LogP contribution in [-0.4, -0.2) is 24.5 Å². The minimum Gasteiger partial charge on any atom is -0.323 e. The topological polar surface area (TPSA) is 29.3 Å². The second-order valence-corrected chi connectivity index (χ2v) is 6.39. The number of hydrogen-bond acceptors (Lipinski definition) is 2. The predicted octanol–water partition coefficient (Wildman–Crippen LogP) is 3.68. The molecule has 1 aromatic carbocycles. The lowest BCUT2D eigenvalue weighted by Gasteiger charge is -2.36. The summed E-state index contributed by atoms with van der Waals surface area (Å²) < 4.78 is 38.2. The molecule has 0 aromatic heterocycles. The fourth-order valence-electron chi connectivity index (χ4n) is 3.27. The minimum absolute atomic E-state index is 0.384. The number of halogens is 3. The fraction of sp³-hybridized carbons (Fsp3) is 0.625. The molecule has 2 nitrogen and oxygen atoms in total. The average molecular weight is 300 g/mol. The van der Waals surface area contributed by atoms with Crippen LogP contribution in [0.5, 0.6) is 0 Å². The lowest BCUT2D eigenvalue weighted by atomic mass is 9.91. The highest BCUT2D eigenvalue weighted by atomic mass is 19.4. The molecule has 0 radical (unpaired) electrons. The summed E-state index contributed by atoms with van der Waals surface area (Å²) in [5, 5.41) is 0. The molecule has 1 aromatic rings. The largest absolute Gasteiger partial charge is 0.416 e. The lowest BCUT2D eigenvalue weighted by Crippen LogP contribution is -2.42. The van der Waals surface area contributed by atoms with E-state index in [1.165, 1.54) is 18.6 Å². The first-order chi connectivity index (χ1) is 9.75. The highest BCUT2D eigenvalue weighted by Gasteiger charge is 2.31. The van der Waals surface area contributed by atoms with Crippen molar-refractivity contribution < 1.29 is 13.2 Å². The zero-order valence-electron chi connectivity index (χ0n) is 12.5. The van der Waals surface area contributed by atoms with Gasteiger partial charge >= 0.3 is 6.18 Å². The van der Waals surface area contributed by atoms with Crippen LogP contribution < -0.4 is 5.73 Å². The van der Waals surface area contributed by atoms with Gasteiger partial charge < -0.3 is 10.6 Å². The number of alkyl halides is 3. The van der Waals surface area contributed by atoms with Gasteiger partial charge in [0.1, 0.15) is 0 Å². The van der Waals surface area contributed by atoms with Crippen LogP contribution in [0.4, 0.5) is 13.2 Å². The first kappa shape index (κ1) is 16.3. The Balaban J connectivity index is 2.05. The Hall–Kier alpha value is -1.07. The van der Waals surface area contributed by atoms with Gasteiger partial charge in [0.25, 0.3) is 0 Å². The summed E-state index contributed by atoms with van der Waals surface area (Å²) in [6, 6.07) is 4.98. The highest BCUT2D eigenvalue weighted by molar-refractivity contribution is 5.28. The number of rotatable bonds is 3. The summed E-state index contributed by atoms with van der Waals surface area (Å²) in [4.78, 5) is 2.27. The molecule has 3 atom stereocenters. The number of nitrogens with two attached hydrogens (primary N) is 1. The maximum absolute atomic E-state index is 12.7. The molecule has 1 fully saturated rings. The van der Waals surface area contributed by atoms with E-state index in [1.54, 1.807) is 6.07 Å². The third-order valence-corrected chi connectivity index (χ3v) is 4.04. The van der Waals surface area contributed by atoms with Crippen molar-refractivity contribution in [3.63, 3.8) is 0 Å². The van der Waals surface area contributed by atoms with Crippen LogP contribution in [0.2, 0.25) is 0 Å². The molecule has 0 aliphatic carbocycles. The average Bonchev–Trinajstić information content (AvgIpc) is 2.36. The quantitative estimate of drug-likeness (QED) is 0.922. The Morgan fingerprint density at radius 2 is 1.86 bits per heavy atom. The molecule has 118 valence electrons. The first-order valence-corrected chi connectivity index (χ1v) is 7.40. The van der Waals surface area contributed by atoms with Crippen LogP contribution in [-0.2, 0) is 6.18 Å². The van der Waals surface area contributed by atoms with Crippen LogP contribution in [0.25, 0.3) is 0 Å². The lowest BCUT2D eigenvalue weighted by molar-refractivity contribution is -0.137. The van der Waals surface area contributed by atoms with E-state index in [1.807, 2.05) is 0 Å². The van der Waals surface area contributed by atoms with Crippen molar-refractivity contribution >= 4 is 0 Å². The zero-order chi connectivity index (χ0) is 15.6. The molecule has 2 rings (SSSR count). The SMILES string of the molecule is CC1CC(C)CN(CC(N)c2cccc(C(F)(F)F)c2)C1. The zero-order valence-corrected chi connectivity index (χ0v) is 12.5. The van der Waals surface area contributed by atoms with Crippen LogP contribution >= 0.6 is 0 Å². The number of benzene rings is 1. The summed E-state index contributed by atoms with van der Waals surface area (Å²) in [6.45, 7) is 6.96. The number of likely N-dealkylation sites (tertiary alicyclic amines) is 1. The van der Waals surface area contributed by atoms with Crippen molar-refractivity contribution in [2.75, 3.05) is 19.6 Å². The summed E-state index contributed by atoms with van der Waals surface area (Å²) >= 11 is 0. The van der Waals surface area contributed by atoms with E-state index in [0.29, 0.717) is 23.9 Å². The smallest absolute Gasteiger partial charge is 0.323 e.